The Labute approximate surface area is 185 Å². The van der Waals surface area contributed by atoms with Gasteiger partial charge in [-0.25, -0.2) is 0 Å². The van der Waals surface area contributed by atoms with E-state index in [-0.39, 0.29) is 5.91 Å². The number of nitrogens with one attached hydrogen (secondary N) is 1. The number of rotatable bonds is 8. The summed E-state index contributed by atoms with van der Waals surface area (Å²) < 4.78 is 16.5. The molecule has 3 aromatic rings. The molecule has 0 radical (unpaired) electrons. The number of carbonyl (C=O) groups is 1. The second kappa shape index (κ2) is 10.0. The molecule has 3 rings (SSSR count). The molecule has 0 unspecified atom stereocenters. The third-order valence-electron chi connectivity index (χ3n) is 4.57. The minimum atomic E-state index is -0.194. The normalized spacial score (nSPS) is 11.7. The Bertz CT molecular complexity index is 1090. The van der Waals surface area contributed by atoms with Gasteiger partial charge in [-0.1, -0.05) is 29.3 Å². The summed E-state index contributed by atoms with van der Waals surface area (Å²) in [6.45, 7) is 5.16. The van der Waals surface area contributed by atoms with Crippen molar-refractivity contribution in [1.29, 1.82) is 0 Å². The molecule has 2 aromatic carbocycles. The number of hydrogen-bond acceptors (Lipinski definition) is 4. The van der Waals surface area contributed by atoms with Gasteiger partial charge >= 0.3 is 0 Å². The number of furan rings is 1. The Kier molecular flexibility index (Phi) is 7.43. The summed E-state index contributed by atoms with van der Waals surface area (Å²) in [4.78, 5) is 12.2. The molecule has 0 spiro atoms. The number of halogens is 2. The lowest BCUT2D eigenvalue weighted by Crippen LogP contribution is -2.25. The van der Waals surface area contributed by atoms with Crippen molar-refractivity contribution in [2.24, 2.45) is 0 Å². The summed E-state index contributed by atoms with van der Waals surface area (Å²) in [7, 11) is 1.59. The lowest BCUT2D eigenvalue weighted by molar-refractivity contribution is -0.116. The molecular formula is C23H23Cl2NO4. The van der Waals surface area contributed by atoms with E-state index in [1.807, 2.05) is 32.0 Å². The summed E-state index contributed by atoms with van der Waals surface area (Å²) in [5, 5.41) is 4.75. The molecular weight excluding hydrogens is 425 g/mol. The highest BCUT2D eigenvalue weighted by Crippen LogP contribution is 2.40. The van der Waals surface area contributed by atoms with Crippen LogP contribution in [0.4, 0.5) is 0 Å². The van der Waals surface area contributed by atoms with Crippen LogP contribution in [0.3, 0.4) is 0 Å². The van der Waals surface area contributed by atoms with E-state index in [2.05, 4.69) is 5.32 Å². The maximum atomic E-state index is 12.2. The molecule has 1 amide bonds. The van der Waals surface area contributed by atoms with E-state index in [9.17, 15) is 4.79 Å². The molecule has 0 atom stereocenters. The molecule has 5 nitrogen and oxygen atoms in total. The van der Waals surface area contributed by atoms with Gasteiger partial charge in [-0.3, -0.25) is 4.79 Å². The fourth-order valence-corrected chi connectivity index (χ4v) is 3.67. The first kappa shape index (κ1) is 22.2. The number of fused-ring (bicyclic) bond motifs is 1. The minimum absolute atomic E-state index is 0.194. The Hall–Kier alpha value is -2.47. The quantitative estimate of drug-likeness (QED) is 0.341. The molecule has 1 aromatic heterocycles. The van der Waals surface area contributed by atoms with Crippen molar-refractivity contribution in [1.82, 2.24) is 5.32 Å². The first-order valence-corrected chi connectivity index (χ1v) is 10.3. The zero-order valence-electron chi connectivity index (χ0n) is 17.1. The second-order valence-electron chi connectivity index (χ2n) is 6.66. The molecule has 158 valence electrons. The van der Waals surface area contributed by atoms with Crippen molar-refractivity contribution in [3.05, 3.63) is 58.3 Å². The Morgan fingerprint density at radius 2 is 2.00 bits per heavy atom. The lowest BCUT2D eigenvalue weighted by atomic mass is 9.99. The predicted octanol–water partition coefficient (Wildman–Crippen LogP) is 5.97. The molecule has 0 fully saturated rings. The number of benzene rings is 2. The monoisotopic (exact) mass is 447 g/mol. The van der Waals surface area contributed by atoms with Gasteiger partial charge in [-0.2, -0.15) is 0 Å². The summed E-state index contributed by atoms with van der Waals surface area (Å²) in [5.41, 5.74) is 3.89. The molecule has 0 saturated carbocycles. The van der Waals surface area contributed by atoms with Crippen LogP contribution in [0.5, 0.6) is 5.75 Å². The highest BCUT2D eigenvalue weighted by Gasteiger charge is 2.17. The van der Waals surface area contributed by atoms with Gasteiger partial charge in [0, 0.05) is 52.9 Å². The number of hydrogen-bond donors (Lipinski definition) is 1. The van der Waals surface area contributed by atoms with Crippen LogP contribution < -0.4 is 10.1 Å². The molecule has 0 bridgehead atoms. The molecule has 0 aliphatic carbocycles. The van der Waals surface area contributed by atoms with Crippen molar-refractivity contribution >= 4 is 45.7 Å². The predicted molar refractivity (Wildman–Crippen MR) is 121 cm³/mol. The van der Waals surface area contributed by atoms with Crippen molar-refractivity contribution in [3.8, 4) is 16.9 Å². The lowest BCUT2D eigenvalue weighted by Gasteiger charge is -2.12. The van der Waals surface area contributed by atoms with E-state index in [0.717, 1.165) is 27.6 Å². The zero-order valence-corrected chi connectivity index (χ0v) is 18.6. The van der Waals surface area contributed by atoms with Crippen LogP contribution in [0.1, 0.15) is 19.4 Å². The minimum Gasteiger partial charge on any atom is -0.493 e. The maximum absolute atomic E-state index is 12.2. The number of carbonyl (C=O) groups excluding carboxylic acids is 1. The van der Waals surface area contributed by atoms with Crippen LogP contribution in [0.25, 0.3) is 27.7 Å². The van der Waals surface area contributed by atoms with Gasteiger partial charge in [0.05, 0.1) is 24.5 Å². The van der Waals surface area contributed by atoms with Crippen LogP contribution in [-0.4, -0.2) is 32.8 Å². The Morgan fingerprint density at radius 3 is 2.70 bits per heavy atom. The van der Waals surface area contributed by atoms with Gasteiger partial charge in [-0.15, -0.1) is 0 Å². The number of ether oxygens (including phenoxy) is 2. The van der Waals surface area contributed by atoms with Crippen molar-refractivity contribution in [3.63, 3.8) is 0 Å². The van der Waals surface area contributed by atoms with E-state index in [1.165, 1.54) is 0 Å². The first-order chi connectivity index (χ1) is 14.4. The number of methoxy groups -OCH3 is 1. The molecule has 0 aliphatic heterocycles. The molecule has 0 aliphatic rings. The summed E-state index contributed by atoms with van der Waals surface area (Å²) in [6, 6.07) is 9.13. The summed E-state index contributed by atoms with van der Waals surface area (Å²) in [6.07, 6.45) is 3.21. The van der Waals surface area contributed by atoms with E-state index >= 15 is 0 Å². The van der Waals surface area contributed by atoms with E-state index in [1.54, 1.807) is 31.6 Å². The highest BCUT2D eigenvalue weighted by atomic mass is 35.5. The van der Waals surface area contributed by atoms with Crippen LogP contribution in [0.15, 0.2) is 47.1 Å². The molecule has 0 saturated heterocycles. The van der Waals surface area contributed by atoms with Crippen molar-refractivity contribution < 1.29 is 18.7 Å². The SMILES string of the molecule is CCOc1cc2occ(-c3ccc(Cl)cc3Cl)c2cc1/C(C)=C/C(=O)NCCOC. The van der Waals surface area contributed by atoms with Gasteiger partial charge in [0.25, 0.3) is 0 Å². The summed E-state index contributed by atoms with van der Waals surface area (Å²) >= 11 is 12.4. The molecule has 1 heterocycles. The van der Waals surface area contributed by atoms with Crippen LogP contribution in [-0.2, 0) is 9.53 Å². The average Bonchev–Trinajstić information content (AvgIpc) is 3.10. The first-order valence-electron chi connectivity index (χ1n) is 9.53. The zero-order chi connectivity index (χ0) is 21.7. The number of amides is 1. The molecule has 1 N–H and O–H groups in total. The largest absolute Gasteiger partial charge is 0.493 e. The standard InChI is InChI=1S/C23H23Cl2NO4/c1-4-29-21-12-22-18(11-17(21)14(2)9-23(27)26-7-8-28-3)19(13-30-22)16-6-5-15(24)10-20(16)25/h5-6,9-13H,4,7-8H2,1-3H3,(H,26,27)/b14-9+. The average molecular weight is 448 g/mol. The number of allylic oxidation sites excluding steroid dienone is 1. The Balaban J connectivity index is 2.06. The van der Waals surface area contributed by atoms with Gasteiger partial charge in [-0.05, 0) is 37.6 Å². The van der Waals surface area contributed by atoms with Gasteiger partial charge in [0.15, 0.2) is 0 Å². The fraction of sp³-hybridized carbons (Fsp3) is 0.261. The van der Waals surface area contributed by atoms with Gasteiger partial charge < -0.3 is 19.2 Å². The molecule has 7 heteroatoms. The summed E-state index contributed by atoms with van der Waals surface area (Å²) in [5.74, 6) is 0.451. The van der Waals surface area contributed by atoms with Crippen molar-refractivity contribution in [2.45, 2.75) is 13.8 Å². The van der Waals surface area contributed by atoms with E-state index in [4.69, 9.17) is 37.1 Å². The maximum Gasteiger partial charge on any atom is 0.244 e. The third-order valence-corrected chi connectivity index (χ3v) is 5.12. The third kappa shape index (κ3) is 4.98. The van der Waals surface area contributed by atoms with Crippen LogP contribution in [0.2, 0.25) is 10.0 Å². The van der Waals surface area contributed by atoms with E-state index < -0.39 is 0 Å². The second-order valence-corrected chi connectivity index (χ2v) is 7.51. The van der Waals surface area contributed by atoms with Gasteiger partial charge in [0.2, 0.25) is 5.91 Å². The molecule has 30 heavy (non-hydrogen) atoms. The highest BCUT2D eigenvalue weighted by molar-refractivity contribution is 6.36. The van der Waals surface area contributed by atoms with Gasteiger partial charge in [0.1, 0.15) is 11.3 Å². The Morgan fingerprint density at radius 1 is 1.20 bits per heavy atom. The smallest absolute Gasteiger partial charge is 0.244 e. The van der Waals surface area contributed by atoms with Crippen LogP contribution in [0, 0.1) is 0 Å². The fourth-order valence-electron chi connectivity index (χ4n) is 3.16. The topological polar surface area (TPSA) is 60.7 Å². The van der Waals surface area contributed by atoms with Crippen molar-refractivity contribution in [2.75, 3.05) is 26.9 Å². The van der Waals surface area contributed by atoms with Crippen LogP contribution >= 0.6 is 23.2 Å². The van der Waals surface area contributed by atoms with E-state index in [0.29, 0.717) is 41.1 Å².